The fourth-order valence-corrected chi connectivity index (χ4v) is 2.11. The lowest BCUT2D eigenvalue weighted by Crippen LogP contribution is -2.18. The van der Waals surface area contributed by atoms with Crippen LogP contribution in [0.2, 0.25) is 0 Å². The molecule has 4 heteroatoms. The van der Waals surface area contributed by atoms with E-state index in [4.69, 9.17) is 4.74 Å². The van der Waals surface area contributed by atoms with E-state index in [-0.39, 0.29) is 6.10 Å². The van der Waals surface area contributed by atoms with Crippen LogP contribution in [0.5, 0.6) is 0 Å². The van der Waals surface area contributed by atoms with E-state index in [0.29, 0.717) is 0 Å². The molecule has 0 spiro atoms. The Labute approximate surface area is 79.8 Å². The summed E-state index contributed by atoms with van der Waals surface area (Å²) < 4.78 is 7.50. The molecule has 0 N–H and O–H groups in total. The molecule has 66 valence electrons. The Bertz CT molecular complexity index is 285. The van der Waals surface area contributed by atoms with Gasteiger partial charge in [-0.25, -0.2) is 0 Å². The number of fused-ring (bicyclic) bond motifs is 1. The predicted molar refractivity (Wildman–Crippen MR) is 49.4 cm³/mol. The second-order valence-corrected chi connectivity index (χ2v) is 3.58. The molecule has 0 amide bonds. The van der Waals surface area contributed by atoms with Crippen molar-refractivity contribution >= 4 is 15.9 Å². The summed E-state index contributed by atoms with van der Waals surface area (Å²) in [5.41, 5.74) is 2.55. The maximum absolute atomic E-state index is 5.57. The maximum atomic E-state index is 5.57. The summed E-state index contributed by atoms with van der Waals surface area (Å²) in [6, 6.07) is 0. The number of rotatable bonds is 1. The van der Waals surface area contributed by atoms with E-state index in [1.165, 1.54) is 11.3 Å². The quantitative estimate of drug-likeness (QED) is 0.683. The Balaban J connectivity index is 2.38. The Morgan fingerprint density at radius 2 is 2.67 bits per heavy atom. The van der Waals surface area contributed by atoms with Crippen LogP contribution in [0.25, 0.3) is 0 Å². The molecule has 2 heterocycles. The van der Waals surface area contributed by atoms with E-state index in [2.05, 4.69) is 21.0 Å². The molecule has 1 aliphatic heterocycles. The minimum absolute atomic E-state index is 0.197. The minimum atomic E-state index is 0.197. The van der Waals surface area contributed by atoms with E-state index in [1.807, 2.05) is 17.9 Å². The number of aryl methyl sites for hydroxylation is 1. The van der Waals surface area contributed by atoms with Crippen molar-refractivity contribution in [1.82, 2.24) is 9.78 Å². The van der Waals surface area contributed by atoms with Gasteiger partial charge in [-0.1, -0.05) is 15.9 Å². The highest BCUT2D eigenvalue weighted by Gasteiger charge is 2.22. The van der Waals surface area contributed by atoms with E-state index in [0.717, 1.165) is 18.4 Å². The second kappa shape index (κ2) is 3.18. The first-order chi connectivity index (χ1) is 5.83. The molecule has 12 heavy (non-hydrogen) atoms. The Morgan fingerprint density at radius 1 is 1.83 bits per heavy atom. The zero-order valence-electron chi connectivity index (χ0n) is 6.96. The lowest BCUT2D eigenvalue weighted by Gasteiger charge is -2.21. The number of ether oxygens (including phenoxy) is 1. The normalized spacial score (nSPS) is 22.3. The van der Waals surface area contributed by atoms with Gasteiger partial charge in [-0.2, -0.15) is 5.10 Å². The van der Waals surface area contributed by atoms with Crippen LogP contribution in [0.15, 0.2) is 6.20 Å². The average Bonchev–Trinajstić information content (AvgIpc) is 2.48. The van der Waals surface area contributed by atoms with Crippen LogP contribution in [0.4, 0.5) is 0 Å². The first-order valence-electron chi connectivity index (χ1n) is 4.01. The third-order valence-corrected chi connectivity index (χ3v) is 2.83. The Kier molecular flexibility index (Phi) is 2.19. The molecule has 0 radical (unpaired) electrons. The molecular formula is C8H11BrN2O. The van der Waals surface area contributed by atoms with Gasteiger partial charge in [0.1, 0.15) is 0 Å². The van der Waals surface area contributed by atoms with Gasteiger partial charge in [-0.3, -0.25) is 4.68 Å². The van der Waals surface area contributed by atoms with Gasteiger partial charge in [0.15, 0.2) is 0 Å². The van der Waals surface area contributed by atoms with Gasteiger partial charge in [0.05, 0.1) is 18.9 Å². The first kappa shape index (κ1) is 8.26. The van der Waals surface area contributed by atoms with E-state index < -0.39 is 0 Å². The fraction of sp³-hybridized carbons (Fsp3) is 0.625. The molecule has 2 rings (SSSR count). The minimum Gasteiger partial charge on any atom is -0.372 e. The number of hydrogen-bond acceptors (Lipinski definition) is 2. The summed E-state index contributed by atoms with van der Waals surface area (Å²) in [6.07, 6.45) is 3.08. The highest BCUT2D eigenvalue weighted by molar-refractivity contribution is 9.09. The zero-order valence-corrected chi connectivity index (χ0v) is 8.54. The van der Waals surface area contributed by atoms with Crippen molar-refractivity contribution < 1.29 is 4.74 Å². The van der Waals surface area contributed by atoms with Crippen LogP contribution in [-0.2, 0) is 18.2 Å². The van der Waals surface area contributed by atoms with Crippen molar-refractivity contribution in [1.29, 1.82) is 0 Å². The van der Waals surface area contributed by atoms with Gasteiger partial charge in [0.25, 0.3) is 0 Å². The summed E-state index contributed by atoms with van der Waals surface area (Å²) in [7, 11) is 1.98. The third kappa shape index (κ3) is 1.19. The van der Waals surface area contributed by atoms with Crippen LogP contribution in [0.3, 0.4) is 0 Å². The van der Waals surface area contributed by atoms with Crippen LogP contribution in [-0.4, -0.2) is 21.7 Å². The Hall–Kier alpha value is -0.350. The van der Waals surface area contributed by atoms with Crippen molar-refractivity contribution in [2.45, 2.75) is 12.5 Å². The summed E-state index contributed by atoms with van der Waals surface area (Å²) in [5.74, 6) is 0. The monoisotopic (exact) mass is 230 g/mol. The second-order valence-electron chi connectivity index (χ2n) is 2.93. The van der Waals surface area contributed by atoms with E-state index >= 15 is 0 Å². The topological polar surface area (TPSA) is 27.1 Å². The number of hydrogen-bond donors (Lipinski definition) is 0. The predicted octanol–water partition coefficient (Wildman–Crippen LogP) is 1.43. The smallest absolute Gasteiger partial charge is 0.0954 e. The molecule has 0 fully saturated rings. The number of nitrogens with zero attached hydrogens (tertiary/aromatic N) is 2. The van der Waals surface area contributed by atoms with Crippen molar-refractivity contribution in [2.24, 2.45) is 7.05 Å². The van der Waals surface area contributed by atoms with Crippen LogP contribution < -0.4 is 0 Å². The van der Waals surface area contributed by atoms with Gasteiger partial charge >= 0.3 is 0 Å². The zero-order chi connectivity index (χ0) is 8.55. The molecule has 3 nitrogen and oxygen atoms in total. The van der Waals surface area contributed by atoms with Gasteiger partial charge in [0, 0.05) is 30.1 Å². The summed E-state index contributed by atoms with van der Waals surface area (Å²) in [6.45, 7) is 0.808. The van der Waals surface area contributed by atoms with Crippen molar-refractivity contribution in [3.8, 4) is 0 Å². The van der Waals surface area contributed by atoms with Crippen molar-refractivity contribution in [2.75, 3.05) is 11.9 Å². The SMILES string of the molecule is Cn1ncc2c1CCO[C@@H]2CBr. The van der Waals surface area contributed by atoms with Crippen molar-refractivity contribution in [3.05, 3.63) is 17.5 Å². The van der Waals surface area contributed by atoms with Crippen LogP contribution in [0.1, 0.15) is 17.4 Å². The number of halogens is 1. The molecule has 0 aromatic carbocycles. The standard InChI is InChI=1S/C8H11BrN2O/c1-11-7-2-3-12-8(4-9)6(7)5-10-11/h5,8H,2-4H2,1H3/t8-/m1/s1. The van der Waals surface area contributed by atoms with Gasteiger partial charge in [-0.05, 0) is 0 Å². The van der Waals surface area contributed by atoms with Gasteiger partial charge in [-0.15, -0.1) is 0 Å². The molecule has 1 atom stereocenters. The van der Waals surface area contributed by atoms with Gasteiger partial charge in [0.2, 0.25) is 0 Å². The summed E-state index contributed by atoms with van der Waals surface area (Å²) in [5, 5.41) is 5.07. The molecule has 0 bridgehead atoms. The highest BCUT2D eigenvalue weighted by atomic mass is 79.9. The Morgan fingerprint density at radius 3 is 3.42 bits per heavy atom. The average molecular weight is 231 g/mol. The van der Waals surface area contributed by atoms with Crippen LogP contribution >= 0.6 is 15.9 Å². The lowest BCUT2D eigenvalue weighted by molar-refractivity contribution is 0.0583. The molecule has 1 aliphatic rings. The molecule has 0 saturated carbocycles. The molecule has 1 aromatic heterocycles. The van der Waals surface area contributed by atoms with E-state index in [1.54, 1.807) is 0 Å². The largest absolute Gasteiger partial charge is 0.372 e. The van der Waals surface area contributed by atoms with Crippen LogP contribution in [0, 0.1) is 0 Å². The van der Waals surface area contributed by atoms with E-state index in [9.17, 15) is 0 Å². The number of aromatic nitrogens is 2. The lowest BCUT2D eigenvalue weighted by atomic mass is 10.1. The fourth-order valence-electron chi connectivity index (χ4n) is 1.57. The molecular weight excluding hydrogens is 220 g/mol. The number of alkyl halides is 1. The molecule has 0 saturated heterocycles. The summed E-state index contributed by atoms with van der Waals surface area (Å²) in [4.78, 5) is 0. The molecule has 0 unspecified atom stereocenters. The maximum Gasteiger partial charge on any atom is 0.0954 e. The third-order valence-electron chi connectivity index (χ3n) is 2.24. The molecule has 0 aliphatic carbocycles. The molecule has 1 aromatic rings. The van der Waals surface area contributed by atoms with Crippen molar-refractivity contribution in [3.63, 3.8) is 0 Å². The summed E-state index contributed by atoms with van der Waals surface area (Å²) >= 11 is 3.43. The van der Waals surface area contributed by atoms with Gasteiger partial charge < -0.3 is 4.74 Å². The first-order valence-corrected chi connectivity index (χ1v) is 5.13. The highest BCUT2D eigenvalue weighted by Crippen LogP contribution is 2.27.